The molecule has 2 rings (SSSR count). The van der Waals surface area contributed by atoms with Gasteiger partial charge in [-0.25, -0.2) is 4.98 Å². The Kier molecular flexibility index (Phi) is 3.85. The molecule has 1 heterocycles. The first-order valence-electron chi connectivity index (χ1n) is 6.66. The zero-order valence-corrected chi connectivity index (χ0v) is 11.5. The van der Waals surface area contributed by atoms with Crippen LogP contribution in [-0.4, -0.2) is 16.1 Å². The Morgan fingerprint density at radius 1 is 1.39 bits per heavy atom. The van der Waals surface area contributed by atoms with Crippen LogP contribution in [-0.2, 0) is 6.54 Å². The number of aromatic nitrogens is 2. The van der Waals surface area contributed by atoms with Gasteiger partial charge in [0.05, 0.1) is 11.9 Å². The van der Waals surface area contributed by atoms with Crippen molar-refractivity contribution in [3.05, 3.63) is 18.1 Å². The second kappa shape index (κ2) is 5.22. The molecular formula is C14H23N3O. The van der Waals surface area contributed by atoms with Gasteiger partial charge in [-0.3, -0.25) is 4.98 Å². The van der Waals surface area contributed by atoms with Crippen LogP contribution in [0.4, 0.5) is 0 Å². The van der Waals surface area contributed by atoms with Gasteiger partial charge < -0.3 is 10.5 Å². The molecule has 1 aromatic rings. The summed E-state index contributed by atoms with van der Waals surface area (Å²) < 4.78 is 5.97. The van der Waals surface area contributed by atoms with Crippen LogP contribution in [0.1, 0.15) is 45.7 Å². The van der Waals surface area contributed by atoms with Crippen molar-refractivity contribution in [3.63, 3.8) is 0 Å². The third-order valence-corrected chi connectivity index (χ3v) is 3.51. The molecule has 4 nitrogen and oxygen atoms in total. The van der Waals surface area contributed by atoms with E-state index in [4.69, 9.17) is 10.5 Å². The summed E-state index contributed by atoms with van der Waals surface area (Å²) >= 11 is 0. The summed E-state index contributed by atoms with van der Waals surface area (Å²) in [5.74, 6) is 1.30. The van der Waals surface area contributed by atoms with Crippen molar-refractivity contribution in [2.45, 2.75) is 52.7 Å². The second-order valence-electron chi connectivity index (χ2n) is 6.21. The summed E-state index contributed by atoms with van der Waals surface area (Å²) in [6, 6.07) is 0. The molecule has 2 atom stereocenters. The first kappa shape index (κ1) is 13.3. The SMILES string of the molecule is CC1CC(Oc2cncc(CN)n2)CC(C)(C)C1. The van der Waals surface area contributed by atoms with E-state index in [1.807, 2.05) is 0 Å². The third-order valence-electron chi connectivity index (χ3n) is 3.51. The second-order valence-corrected chi connectivity index (χ2v) is 6.21. The third kappa shape index (κ3) is 3.42. The predicted octanol–water partition coefficient (Wildman–Crippen LogP) is 2.53. The number of nitrogens with zero attached hydrogens (tertiary/aromatic N) is 2. The zero-order chi connectivity index (χ0) is 13.2. The average Bonchev–Trinajstić information content (AvgIpc) is 2.26. The summed E-state index contributed by atoms with van der Waals surface area (Å²) in [5.41, 5.74) is 6.68. The van der Waals surface area contributed by atoms with Crippen LogP contribution >= 0.6 is 0 Å². The van der Waals surface area contributed by atoms with E-state index in [2.05, 4.69) is 30.7 Å². The summed E-state index contributed by atoms with van der Waals surface area (Å²) in [7, 11) is 0. The van der Waals surface area contributed by atoms with Gasteiger partial charge in [0, 0.05) is 12.7 Å². The van der Waals surface area contributed by atoms with Gasteiger partial charge in [-0.2, -0.15) is 0 Å². The van der Waals surface area contributed by atoms with Crippen LogP contribution in [0.5, 0.6) is 5.88 Å². The number of rotatable bonds is 3. The zero-order valence-electron chi connectivity index (χ0n) is 11.5. The summed E-state index contributed by atoms with van der Waals surface area (Å²) in [4.78, 5) is 8.46. The Labute approximate surface area is 109 Å². The molecule has 0 amide bonds. The van der Waals surface area contributed by atoms with Crippen LogP contribution in [0, 0.1) is 11.3 Å². The van der Waals surface area contributed by atoms with E-state index in [0.29, 0.717) is 23.8 Å². The first-order chi connectivity index (χ1) is 8.48. The topological polar surface area (TPSA) is 61.0 Å². The van der Waals surface area contributed by atoms with Gasteiger partial charge in [0.1, 0.15) is 6.10 Å². The Morgan fingerprint density at radius 3 is 2.83 bits per heavy atom. The van der Waals surface area contributed by atoms with Gasteiger partial charge in [-0.15, -0.1) is 0 Å². The molecular weight excluding hydrogens is 226 g/mol. The molecule has 2 N–H and O–H groups in total. The highest BCUT2D eigenvalue weighted by molar-refractivity contribution is 5.09. The normalized spacial score (nSPS) is 26.9. The standard InChI is InChI=1S/C14H23N3O/c1-10-4-12(6-14(2,3)5-10)18-13-9-16-8-11(7-15)17-13/h8-10,12H,4-7,15H2,1-3H3. The average molecular weight is 249 g/mol. The maximum atomic E-state index is 5.97. The Bertz CT molecular complexity index is 406. The molecule has 18 heavy (non-hydrogen) atoms. The largest absolute Gasteiger partial charge is 0.473 e. The van der Waals surface area contributed by atoms with Gasteiger partial charge in [0.2, 0.25) is 5.88 Å². The molecule has 4 heteroatoms. The van der Waals surface area contributed by atoms with Crippen molar-refractivity contribution in [2.24, 2.45) is 17.1 Å². The molecule has 1 fully saturated rings. The molecule has 0 aliphatic heterocycles. The molecule has 1 aliphatic rings. The van der Waals surface area contributed by atoms with E-state index >= 15 is 0 Å². The van der Waals surface area contributed by atoms with Gasteiger partial charge in [0.25, 0.3) is 0 Å². The van der Waals surface area contributed by atoms with E-state index in [1.54, 1.807) is 12.4 Å². The van der Waals surface area contributed by atoms with Crippen molar-refractivity contribution >= 4 is 0 Å². The molecule has 1 aromatic heterocycles. The smallest absolute Gasteiger partial charge is 0.232 e. The summed E-state index contributed by atoms with van der Waals surface area (Å²) in [5, 5.41) is 0. The first-order valence-corrected chi connectivity index (χ1v) is 6.66. The van der Waals surface area contributed by atoms with Gasteiger partial charge >= 0.3 is 0 Å². The van der Waals surface area contributed by atoms with Crippen molar-refractivity contribution < 1.29 is 4.74 Å². The quantitative estimate of drug-likeness (QED) is 0.894. The summed E-state index contributed by atoms with van der Waals surface area (Å²) in [6.45, 7) is 7.30. The van der Waals surface area contributed by atoms with Gasteiger partial charge in [-0.1, -0.05) is 20.8 Å². The minimum atomic E-state index is 0.242. The van der Waals surface area contributed by atoms with Crippen molar-refractivity contribution in [3.8, 4) is 5.88 Å². The molecule has 0 aromatic carbocycles. The highest BCUT2D eigenvalue weighted by atomic mass is 16.5. The van der Waals surface area contributed by atoms with E-state index in [-0.39, 0.29) is 6.10 Å². The lowest BCUT2D eigenvalue weighted by atomic mass is 9.71. The Hall–Kier alpha value is -1.16. The highest BCUT2D eigenvalue weighted by Crippen LogP contribution is 2.39. The number of hydrogen-bond donors (Lipinski definition) is 1. The fourth-order valence-corrected chi connectivity index (χ4v) is 3.06. The molecule has 1 aliphatic carbocycles. The van der Waals surface area contributed by atoms with E-state index in [0.717, 1.165) is 18.5 Å². The van der Waals surface area contributed by atoms with Gasteiger partial charge in [-0.05, 0) is 30.6 Å². The minimum absolute atomic E-state index is 0.242. The molecule has 0 radical (unpaired) electrons. The maximum Gasteiger partial charge on any atom is 0.232 e. The lowest BCUT2D eigenvalue weighted by Gasteiger charge is -2.38. The minimum Gasteiger partial charge on any atom is -0.473 e. The van der Waals surface area contributed by atoms with E-state index in [1.165, 1.54) is 6.42 Å². The number of nitrogens with two attached hydrogens (primary N) is 1. The number of ether oxygens (including phenoxy) is 1. The lowest BCUT2D eigenvalue weighted by molar-refractivity contribution is 0.0528. The fourth-order valence-electron chi connectivity index (χ4n) is 3.06. The lowest BCUT2D eigenvalue weighted by Crippen LogP contribution is -2.34. The van der Waals surface area contributed by atoms with Crippen molar-refractivity contribution in [1.29, 1.82) is 0 Å². The van der Waals surface area contributed by atoms with Crippen molar-refractivity contribution in [2.75, 3.05) is 0 Å². The van der Waals surface area contributed by atoms with Gasteiger partial charge in [0.15, 0.2) is 0 Å². The van der Waals surface area contributed by atoms with E-state index < -0.39 is 0 Å². The van der Waals surface area contributed by atoms with Crippen LogP contribution < -0.4 is 10.5 Å². The van der Waals surface area contributed by atoms with Crippen molar-refractivity contribution in [1.82, 2.24) is 9.97 Å². The monoisotopic (exact) mass is 249 g/mol. The predicted molar refractivity (Wildman–Crippen MR) is 71.1 cm³/mol. The number of hydrogen-bond acceptors (Lipinski definition) is 4. The molecule has 0 saturated heterocycles. The molecule has 100 valence electrons. The summed E-state index contributed by atoms with van der Waals surface area (Å²) in [6.07, 6.45) is 7.03. The van der Waals surface area contributed by atoms with Crippen LogP contribution in [0.25, 0.3) is 0 Å². The maximum absolute atomic E-state index is 5.97. The Balaban J connectivity index is 2.04. The molecule has 0 bridgehead atoms. The van der Waals surface area contributed by atoms with E-state index in [9.17, 15) is 0 Å². The fraction of sp³-hybridized carbons (Fsp3) is 0.714. The highest BCUT2D eigenvalue weighted by Gasteiger charge is 2.33. The molecule has 1 saturated carbocycles. The Morgan fingerprint density at radius 2 is 2.17 bits per heavy atom. The van der Waals surface area contributed by atoms with Crippen LogP contribution in [0.3, 0.4) is 0 Å². The molecule has 0 spiro atoms. The molecule has 2 unspecified atom stereocenters. The van der Waals surface area contributed by atoms with Crippen LogP contribution in [0.2, 0.25) is 0 Å². The van der Waals surface area contributed by atoms with Crippen LogP contribution in [0.15, 0.2) is 12.4 Å².